The number of fused-ring (bicyclic) bond motifs is 10. The summed E-state index contributed by atoms with van der Waals surface area (Å²) in [5.41, 5.74) is 15.5. The topological polar surface area (TPSA) is 38.7 Å². The lowest BCUT2D eigenvalue weighted by Crippen LogP contribution is -2.25. The maximum absolute atomic E-state index is 4.96. The smallest absolute Gasteiger partial charge is 0.164 e. The molecule has 3 nitrogen and oxygen atoms in total. The Morgan fingerprint density at radius 2 is 0.633 bits per heavy atom. The molecular weight excluding hydrogens is 595 g/mol. The summed E-state index contributed by atoms with van der Waals surface area (Å²) in [6, 6.07) is 62.6. The van der Waals surface area contributed by atoms with E-state index in [2.05, 4.69) is 115 Å². The largest absolute Gasteiger partial charge is 0.208 e. The van der Waals surface area contributed by atoms with Crippen molar-refractivity contribution in [2.75, 3.05) is 0 Å². The van der Waals surface area contributed by atoms with Crippen LogP contribution in [-0.4, -0.2) is 15.0 Å². The molecule has 0 radical (unpaired) electrons. The van der Waals surface area contributed by atoms with Gasteiger partial charge in [-0.1, -0.05) is 176 Å². The molecule has 1 heterocycles. The number of rotatable bonds is 4. The summed E-state index contributed by atoms with van der Waals surface area (Å²) in [4.78, 5) is 14.8. The third-order valence-electron chi connectivity index (χ3n) is 10.2. The van der Waals surface area contributed by atoms with Crippen LogP contribution in [0.1, 0.15) is 22.3 Å². The molecule has 1 aromatic heterocycles. The molecule has 228 valence electrons. The molecule has 10 rings (SSSR count). The van der Waals surface area contributed by atoms with E-state index >= 15 is 0 Å². The van der Waals surface area contributed by atoms with E-state index in [9.17, 15) is 0 Å². The summed E-state index contributed by atoms with van der Waals surface area (Å²) < 4.78 is 0. The molecule has 3 heteroatoms. The van der Waals surface area contributed by atoms with Gasteiger partial charge in [-0.15, -0.1) is 0 Å². The van der Waals surface area contributed by atoms with E-state index in [0.717, 1.165) is 22.3 Å². The minimum absolute atomic E-state index is 0.360. The highest BCUT2D eigenvalue weighted by Crippen LogP contribution is 2.63. The zero-order chi connectivity index (χ0) is 32.4. The average molecular weight is 624 g/mol. The van der Waals surface area contributed by atoms with Crippen molar-refractivity contribution in [2.45, 2.75) is 5.41 Å². The molecule has 0 aliphatic heterocycles. The Labute approximate surface area is 285 Å². The Hall–Kier alpha value is -6.45. The monoisotopic (exact) mass is 623 g/mol. The molecule has 2 aliphatic carbocycles. The van der Waals surface area contributed by atoms with Crippen LogP contribution in [0.15, 0.2) is 176 Å². The van der Waals surface area contributed by atoms with Crippen LogP contribution in [0.2, 0.25) is 0 Å². The van der Waals surface area contributed by atoms with Gasteiger partial charge in [-0.2, -0.15) is 0 Å². The third-order valence-corrected chi connectivity index (χ3v) is 10.2. The van der Waals surface area contributed by atoms with Crippen LogP contribution >= 0.6 is 0 Å². The molecule has 1 spiro atoms. The van der Waals surface area contributed by atoms with Gasteiger partial charge in [0, 0.05) is 16.7 Å². The zero-order valence-electron chi connectivity index (χ0n) is 26.6. The van der Waals surface area contributed by atoms with Crippen LogP contribution in [0.3, 0.4) is 0 Å². The van der Waals surface area contributed by atoms with Gasteiger partial charge in [0.05, 0.1) is 5.41 Å². The number of nitrogens with zero attached hydrogens (tertiary/aromatic N) is 3. The van der Waals surface area contributed by atoms with Crippen LogP contribution in [0.5, 0.6) is 0 Å². The quantitative estimate of drug-likeness (QED) is 0.196. The van der Waals surface area contributed by atoms with E-state index in [-0.39, 0.29) is 5.41 Å². The van der Waals surface area contributed by atoms with Crippen molar-refractivity contribution in [1.29, 1.82) is 0 Å². The molecule has 0 unspecified atom stereocenters. The summed E-state index contributed by atoms with van der Waals surface area (Å²) in [6.45, 7) is 0. The summed E-state index contributed by atoms with van der Waals surface area (Å²) in [5.74, 6) is 1.97. The lowest BCUT2D eigenvalue weighted by molar-refractivity contribution is 0.794. The number of hydrogen-bond acceptors (Lipinski definition) is 3. The second kappa shape index (κ2) is 10.8. The van der Waals surface area contributed by atoms with Gasteiger partial charge in [0.2, 0.25) is 0 Å². The molecule has 8 aromatic rings. The third kappa shape index (κ3) is 4.06. The van der Waals surface area contributed by atoms with E-state index in [0.29, 0.717) is 17.5 Å². The van der Waals surface area contributed by atoms with Crippen LogP contribution in [-0.2, 0) is 5.41 Å². The highest BCUT2D eigenvalue weighted by molar-refractivity contribution is 5.99. The number of hydrogen-bond donors (Lipinski definition) is 0. The standard InChI is InChI=1S/C46H29N3/c1-3-14-31(15-4-1)43-47-44(32-16-5-2-6-17-32)49-45(48-43)33-28-26-30(27-29-33)34-21-13-25-41-42(34)37-20-9-12-24-40(37)46(41)38-22-10-7-18-35(38)36-19-8-11-23-39(36)46/h1-29H. The van der Waals surface area contributed by atoms with Gasteiger partial charge < -0.3 is 0 Å². The Morgan fingerprint density at radius 3 is 1.16 bits per heavy atom. The van der Waals surface area contributed by atoms with Gasteiger partial charge in [-0.25, -0.2) is 15.0 Å². The first kappa shape index (κ1) is 27.6. The fourth-order valence-electron chi connectivity index (χ4n) is 8.12. The molecule has 0 bridgehead atoms. The van der Waals surface area contributed by atoms with Crippen molar-refractivity contribution in [2.24, 2.45) is 0 Å². The number of aromatic nitrogens is 3. The minimum Gasteiger partial charge on any atom is -0.208 e. The zero-order valence-corrected chi connectivity index (χ0v) is 26.6. The Kier molecular flexibility index (Phi) is 6.09. The van der Waals surface area contributed by atoms with Crippen molar-refractivity contribution in [3.8, 4) is 67.5 Å². The molecule has 0 saturated carbocycles. The molecular formula is C46H29N3. The normalized spacial score (nSPS) is 13.1. The van der Waals surface area contributed by atoms with E-state index in [1.54, 1.807) is 0 Å². The molecule has 7 aromatic carbocycles. The molecule has 2 aliphatic rings. The van der Waals surface area contributed by atoms with Crippen molar-refractivity contribution in [3.05, 3.63) is 198 Å². The van der Waals surface area contributed by atoms with Crippen LogP contribution in [0.4, 0.5) is 0 Å². The average Bonchev–Trinajstić information content (AvgIpc) is 3.66. The van der Waals surface area contributed by atoms with Gasteiger partial charge in [0.1, 0.15) is 0 Å². The molecule has 0 fully saturated rings. The summed E-state index contributed by atoms with van der Waals surface area (Å²) in [5, 5.41) is 0. The molecule has 0 N–H and O–H groups in total. The van der Waals surface area contributed by atoms with Gasteiger partial charge in [-0.3, -0.25) is 0 Å². The molecule has 0 saturated heterocycles. The minimum atomic E-state index is -0.360. The maximum atomic E-state index is 4.96. The molecule has 0 amide bonds. The maximum Gasteiger partial charge on any atom is 0.164 e. The lowest BCUT2D eigenvalue weighted by Gasteiger charge is -2.30. The van der Waals surface area contributed by atoms with Crippen LogP contribution < -0.4 is 0 Å². The molecule has 49 heavy (non-hydrogen) atoms. The van der Waals surface area contributed by atoms with E-state index in [4.69, 9.17) is 15.0 Å². The highest BCUT2D eigenvalue weighted by Gasteiger charge is 2.51. The first-order chi connectivity index (χ1) is 24.3. The van der Waals surface area contributed by atoms with Crippen molar-refractivity contribution < 1.29 is 0 Å². The highest BCUT2D eigenvalue weighted by atomic mass is 15.0. The van der Waals surface area contributed by atoms with E-state index in [1.165, 1.54) is 50.1 Å². The van der Waals surface area contributed by atoms with Gasteiger partial charge >= 0.3 is 0 Å². The number of benzene rings is 7. The van der Waals surface area contributed by atoms with Gasteiger partial charge in [0.25, 0.3) is 0 Å². The fourth-order valence-corrected chi connectivity index (χ4v) is 8.12. The first-order valence-corrected chi connectivity index (χ1v) is 16.7. The first-order valence-electron chi connectivity index (χ1n) is 16.7. The summed E-state index contributed by atoms with van der Waals surface area (Å²) in [7, 11) is 0. The Morgan fingerprint density at radius 1 is 0.265 bits per heavy atom. The second-order valence-electron chi connectivity index (χ2n) is 12.7. The van der Waals surface area contributed by atoms with Crippen LogP contribution in [0, 0.1) is 0 Å². The van der Waals surface area contributed by atoms with E-state index < -0.39 is 0 Å². The van der Waals surface area contributed by atoms with Gasteiger partial charge in [0.15, 0.2) is 17.5 Å². The lowest BCUT2D eigenvalue weighted by atomic mass is 9.70. The van der Waals surface area contributed by atoms with Crippen molar-refractivity contribution in [1.82, 2.24) is 15.0 Å². The van der Waals surface area contributed by atoms with Crippen molar-refractivity contribution in [3.63, 3.8) is 0 Å². The predicted molar refractivity (Wildman–Crippen MR) is 198 cm³/mol. The Balaban J connectivity index is 1.13. The predicted octanol–water partition coefficient (Wildman–Crippen LogP) is 10.9. The second-order valence-corrected chi connectivity index (χ2v) is 12.7. The molecule has 0 atom stereocenters. The Bertz CT molecular complexity index is 2430. The summed E-state index contributed by atoms with van der Waals surface area (Å²) >= 11 is 0. The fraction of sp³-hybridized carbons (Fsp3) is 0.0217. The summed E-state index contributed by atoms with van der Waals surface area (Å²) in [6.07, 6.45) is 0. The van der Waals surface area contributed by atoms with Crippen molar-refractivity contribution >= 4 is 0 Å². The van der Waals surface area contributed by atoms with E-state index in [1.807, 2.05) is 60.7 Å². The SMILES string of the molecule is c1ccc(-c2nc(-c3ccccc3)nc(-c3ccc(-c4cccc5c4-c4ccccc4C54c5ccccc5-c5ccccc54)cc3)n2)cc1. The van der Waals surface area contributed by atoms with Gasteiger partial charge in [-0.05, 0) is 55.6 Å². The van der Waals surface area contributed by atoms with Crippen LogP contribution in [0.25, 0.3) is 67.5 Å².